The second kappa shape index (κ2) is 8.18. The van der Waals surface area contributed by atoms with Crippen molar-refractivity contribution < 1.29 is 14.4 Å². The molecule has 0 radical (unpaired) electrons. The van der Waals surface area contributed by atoms with Gasteiger partial charge >= 0.3 is 0 Å². The van der Waals surface area contributed by atoms with Crippen LogP contribution in [-0.4, -0.2) is 39.4 Å². The number of aromatic nitrogens is 2. The minimum Gasteiger partial charge on any atom is -0.300 e. The number of rotatable bonds is 6. The number of likely N-dealkylation sites (tertiary alicyclic amines) is 1. The van der Waals surface area contributed by atoms with Crippen LogP contribution in [0.3, 0.4) is 0 Å². The smallest absolute Gasteiger partial charge is 0.233 e. The van der Waals surface area contributed by atoms with Crippen LogP contribution in [0.25, 0.3) is 0 Å². The standard InChI is InChI=1S/C20H22N4O3S/c25-16(10-11-24-18(26)14-8-4-5-9-15(14)19(24)27)21-20-23-22-17(28-20)12-13-6-2-1-3-7-13/h1-3,6-7,14-15H,4-5,8-12H2,(H,21,23,25)/t14-,15+. The molecule has 8 heteroatoms. The maximum Gasteiger partial charge on any atom is 0.233 e. The minimum absolute atomic E-state index is 0.0739. The fourth-order valence-electron chi connectivity index (χ4n) is 3.99. The predicted molar refractivity (Wildman–Crippen MR) is 105 cm³/mol. The Hall–Kier alpha value is -2.61. The van der Waals surface area contributed by atoms with E-state index < -0.39 is 0 Å². The van der Waals surface area contributed by atoms with Gasteiger partial charge in [0.25, 0.3) is 0 Å². The van der Waals surface area contributed by atoms with Crippen molar-refractivity contribution in [1.29, 1.82) is 0 Å². The molecule has 0 unspecified atom stereocenters. The van der Waals surface area contributed by atoms with Crippen molar-refractivity contribution in [2.45, 2.75) is 38.5 Å². The van der Waals surface area contributed by atoms with Crippen molar-refractivity contribution in [3.05, 3.63) is 40.9 Å². The Morgan fingerprint density at radius 2 is 1.75 bits per heavy atom. The van der Waals surface area contributed by atoms with Crippen molar-refractivity contribution in [1.82, 2.24) is 15.1 Å². The molecule has 0 bridgehead atoms. The van der Waals surface area contributed by atoms with Gasteiger partial charge in [-0.05, 0) is 18.4 Å². The second-order valence-electron chi connectivity index (χ2n) is 7.29. The van der Waals surface area contributed by atoms with E-state index >= 15 is 0 Å². The molecular formula is C20H22N4O3S. The highest BCUT2D eigenvalue weighted by Gasteiger charge is 2.47. The third-order valence-electron chi connectivity index (χ3n) is 5.41. The summed E-state index contributed by atoms with van der Waals surface area (Å²) < 4.78 is 0. The normalized spacial score (nSPS) is 21.6. The number of imide groups is 1. The van der Waals surface area contributed by atoms with Crippen LogP contribution in [0.2, 0.25) is 0 Å². The highest BCUT2D eigenvalue weighted by atomic mass is 32.1. The van der Waals surface area contributed by atoms with Gasteiger partial charge in [-0.1, -0.05) is 54.5 Å². The van der Waals surface area contributed by atoms with Crippen molar-refractivity contribution in [3.63, 3.8) is 0 Å². The van der Waals surface area contributed by atoms with Crippen molar-refractivity contribution in [3.8, 4) is 0 Å². The number of hydrogen-bond donors (Lipinski definition) is 1. The molecule has 7 nitrogen and oxygen atoms in total. The minimum atomic E-state index is -0.266. The summed E-state index contributed by atoms with van der Waals surface area (Å²) in [5, 5.41) is 12.1. The van der Waals surface area contributed by atoms with E-state index in [0.717, 1.165) is 36.3 Å². The zero-order chi connectivity index (χ0) is 19.5. The topological polar surface area (TPSA) is 92.3 Å². The number of amides is 3. The molecule has 0 spiro atoms. The fourth-order valence-corrected chi connectivity index (χ4v) is 4.78. The first-order valence-electron chi connectivity index (χ1n) is 9.63. The molecule has 1 aliphatic carbocycles. The lowest BCUT2D eigenvalue weighted by atomic mass is 9.81. The molecule has 1 aromatic heterocycles. The lowest BCUT2D eigenvalue weighted by Crippen LogP contribution is -2.34. The van der Waals surface area contributed by atoms with Crippen LogP contribution in [0.1, 0.15) is 42.7 Å². The van der Waals surface area contributed by atoms with Gasteiger partial charge in [0.15, 0.2) is 0 Å². The molecule has 1 saturated heterocycles. The SMILES string of the molecule is O=C(CCN1C(=O)[C@H]2CCCC[C@H]2C1=O)Nc1nnc(Cc2ccccc2)s1. The zero-order valence-corrected chi connectivity index (χ0v) is 16.3. The van der Waals surface area contributed by atoms with E-state index in [1.165, 1.54) is 16.2 Å². The second-order valence-corrected chi connectivity index (χ2v) is 8.35. The summed E-state index contributed by atoms with van der Waals surface area (Å²) in [5.41, 5.74) is 1.13. The Kier molecular flexibility index (Phi) is 5.47. The zero-order valence-electron chi connectivity index (χ0n) is 15.5. The van der Waals surface area contributed by atoms with E-state index in [1.807, 2.05) is 30.3 Å². The summed E-state index contributed by atoms with van der Waals surface area (Å²) in [7, 11) is 0. The van der Waals surface area contributed by atoms with E-state index in [0.29, 0.717) is 11.6 Å². The molecule has 28 heavy (non-hydrogen) atoms. The first kappa shape index (κ1) is 18.7. The van der Waals surface area contributed by atoms with Crippen molar-refractivity contribution >= 4 is 34.2 Å². The highest BCUT2D eigenvalue weighted by molar-refractivity contribution is 7.15. The van der Waals surface area contributed by atoms with Crippen LogP contribution in [0.5, 0.6) is 0 Å². The first-order chi connectivity index (χ1) is 13.6. The van der Waals surface area contributed by atoms with Crippen LogP contribution < -0.4 is 5.32 Å². The Balaban J connectivity index is 1.29. The van der Waals surface area contributed by atoms with Crippen LogP contribution in [0.4, 0.5) is 5.13 Å². The highest BCUT2D eigenvalue weighted by Crippen LogP contribution is 2.38. The van der Waals surface area contributed by atoms with Gasteiger partial charge in [0.1, 0.15) is 5.01 Å². The Labute approximate surface area is 167 Å². The number of nitrogens with zero attached hydrogens (tertiary/aromatic N) is 3. The molecule has 1 aromatic carbocycles. The van der Waals surface area contributed by atoms with Gasteiger partial charge in [0.05, 0.1) is 11.8 Å². The summed E-state index contributed by atoms with van der Waals surface area (Å²) in [5.74, 6) is -0.828. The lowest BCUT2D eigenvalue weighted by Gasteiger charge is -2.19. The summed E-state index contributed by atoms with van der Waals surface area (Å²) in [4.78, 5) is 38.4. The number of carbonyl (C=O) groups excluding carboxylic acids is 3. The van der Waals surface area contributed by atoms with Gasteiger partial charge in [-0.3, -0.25) is 19.3 Å². The summed E-state index contributed by atoms with van der Waals surface area (Å²) >= 11 is 1.33. The number of anilines is 1. The summed E-state index contributed by atoms with van der Waals surface area (Å²) in [6.45, 7) is 0.131. The molecule has 2 atom stereocenters. The molecule has 2 aliphatic rings. The van der Waals surface area contributed by atoms with E-state index in [2.05, 4.69) is 15.5 Å². The number of hydrogen-bond acceptors (Lipinski definition) is 6. The van der Waals surface area contributed by atoms with Gasteiger partial charge in [0.2, 0.25) is 22.9 Å². The third-order valence-corrected chi connectivity index (χ3v) is 6.24. The molecule has 1 saturated carbocycles. The molecule has 2 aromatic rings. The van der Waals surface area contributed by atoms with Gasteiger partial charge in [-0.25, -0.2) is 0 Å². The van der Waals surface area contributed by atoms with Crippen molar-refractivity contribution in [2.75, 3.05) is 11.9 Å². The Morgan fingerprint density at radius 3 is 2.43 bits per heavy atom. The fraction of sp³-hybridized carbons (Fsp3) is 0.450. The first-order valence-corrected chi connectivity index (χ1v) is 10.4. The number of benzene rings is 1. The van der Waals surface area contributed by atoms with E-state index in [1.54, 1.807) is 0 Å². The Morgan fingerprint density at radius 1 is 1.07 bits per heavy atom. The van der Waals surface area contributed by atoms with Gasteiger partial charge in [-0.15, -0.1) is 10.2 Å². The molecule has 1 N–H and O–H groups in total. The van der Waals surface area contributed by atoms with Crippen LogP contribution in [0.15, 0.2) is 30.3 Å². The number of fused-ring (bicyclic) bond motifs is 1. The van der Waals surface area contributed by atoms with Crippen LogP contribution in [0, 0.1) is 11.8 Å². The summed E-state index contributed by atoms with van der Waals surface area (Å²) in [6, 6.07) is 9.93. The average molecular weight is 398 g/mol. The maximum atomic E-state index is 12.5. The lowest BCUT2D eigenvalue weighted by molar-refractivity contribution is -0.140. The maximum absolute atomic E-state index is 12.5. The van der Waals surface area contributed by atoms with Gasteiger partial charge in [-0.2, -0.15) is 0 Å². The third kappa shape index (κ3) is 3.96. The number of nitrogens with one attached hydrogen (secondary N) is 1. The van der Waals surface area contributed by atoms with Crippen molar-refractivity contribution in [2.24, 2.45) is 11.8 Å². The summed E-state index contributed by atoms with van der Waals surface area (Å²) in [6.07, 6.45) is 4.30. The molecule has 2 fully saturated rings. The van der Waals surface area contributed by atoms with Gasteiger partial charge in [0, 0.05) is 19.4 Å². The van der Waals surface area contributed by atoms with Gasteiger partial charge < -0.3 is 5.32 Å². The number of carbonyl (C=O) groups is 3. The largest absolute Gasteiger partial charge is 0.300 e. The molecule has 3 amide bonds. The predicted octanol–water partition coefficient (Wildman–Crippen LogP) is 2.63. The molecule has 1 aliphatic heterocycles. The quantitative estimate of drug-likeness (QED) is 0.755. The van der Waals surface area contributed by atoms with E-state index in [9.17, 15) is 14.4 Å². The molecule has 146 valence electrons. The monoisotopic (exact) mass is 398 g/mol. The molecule has 4 rings (SSSR count). The van der Waals surface area contributed by atoms with E-state index in [-0.39, 0.29) is 42.5 Å². The Bertz CT molecular complexity index is 859. The van der Waals surface area contributed by atoms with Crippen LogP contribution >= 0.6 is 11.3 Å². The van der Waals surface area contributed by atoms with Crippen LogP contribution in [-0.2, 0) is 20.8 Å². The van der Waals surface area contributed by atoms with E-state index in [4.69, 9.17) is 0 Å². The molecule has 2 heterocycles. The average Bonchev–Trinajstić information content (AvgIpc) is 3.24. The molecular weight excluding hydrogens is 376 g/mol.